The lowest BCUT2D eigenvalue weighted by atomic mass is 10.0. The van der Waals surface area contributed by atoms with Gasteiger partial charge in [-0.05, 0) is 39.2 Å². The number of hydrogen-bond acceptors (Lipinski definition) is 2. The Bertz CT molecular complexity index is 381. The van der Waals surface area contributed by atoms with Gasteiger partial charge in [-0.25, -0.2) is 0 Å². The molecule has 0 heterocycles. The predicted molar refractivity (Wildman–Crippen MR) is 73.5 cm³/mol. The molecular weight excluding hydrogens is 226 g/mol. The Morgan fingerprint density at radius 1 is 1.28 bits per heavy atom. The van der Waals surface area contributed by atoms with Crippen molar-refractivity contribution in [3.8, 4) is 0 Å². The van der Waals surface area contributed by atoms with E-state index in [1.54, 1.807) is 0 Å². The Morgan fingerprint density at radius 3 is 2.44 bits per heavy atom. The Labute approximate surface area is 109 Å². The van der Waals surface area contributed by atoms with Gasteiger partial charge in [0.15, 0.2) is 0 Å². The molecule has 3 nitrogen and oxygen atoms in total. The lowest BCUT2D eigenvalue weighted by Crippen LogP contribution is -2.33. The average molecular weight is 249 g/mol. The second-order valence-corrected chi connectivity index (χ2v) is 4.98. The van der Waals surface area contributed by atoms with Gasteiger partial charge in [-0.2, -0.15) is 0 Å². The number of rotatable bonds is 6. The molecular formula is C15H23NO2. The number of aliphatic hydroxyl groups is 1. The lowest BCUT2D eigenvalue weighted by molar-refractivity contribution is -0.121. The summed E-state index contributed by atoms with van der Waals surface area (Å²) in [6, 6.07) is 6.42. The summed E-state index contributed by atoms with van der Waals surface area (Å²) < 4.78 is 0. The maximum atomic E-state index is 11.7. The van der Waals surface area contributed by atoms with Gasteiger partial charge in [0.1, 0.15) is 0 Å². The number of benzene rings is 1. The Balaban J connectivity index is 2.42. The molecule has 1 aromatic carbocycles. The number of aliphatic hydroxyl groups excluding tert-OH is 1. The van der Waals surface area contributed by atoms with E-state index in [-0.39, 0.29) is 18.6 Å². The summed E-state index contributed by atoms with van der Waals surface area (Å²) >= 11 is 0. The summed E-state index contributed by atoms with van der Waals surface area (Å²) in [5.74, 6) is 0.0510. The third-order valence-corrected chi connectivity index (χ3v) is 2.89. The van der Waals surface area contributed by atoms with Gasteiger partial charge in [0.25, 0.3) is 0 Å². The van der Waals surface area contributed by atoms with E-state index in [2.05, 4.69) is 37.4 Å². The molecule has 0 aromatic heterocycles. The van der Waals surface area contributed by atoms with Crippen molar-refractivity contribution in [3.63, 3.8) is 0 Å². The smallest absolute Gasteiger partial charge is 0.220 e. The first-order valence-electron chi connectivity index (χ1n) is 6.48. The van der Waals surface area contributed by atoms with E-state index < -0.39 is 0 Å². The van der Waals surface area contributed by atoms with Crippen LogP contribution in [-0.4, -0.2) is 23.7 Å². The van der Waals surface area contributed by atoms with Crippen LogP contribution in [0.2, 0.25) is 0 Å². The predicted octanol–water partition coefficient (Wildman–Crippen LogP) is 2.12. The van der Waals surface area contributed by atoms with Gasteiger partial charge in [-0.1, -0.05) is 29.3 Å². The molecule has 0 saturated carbocycles. The zero-order chi connectivity index (χ0) is 13.5. The van der Waals surface area contributed by atoms with Crippen LogP contribution >= 0.6 is 0 Å². The average Bonchev–Trinajstić information content (AvgIpc) is 2.25. The zero-order valence-corrected chi connectivity index (χ0v) is 11.5. The van der Waals surface area contributed by atoms with Crippen molar-refractivity contribution in [2.75, 3.05) is 6.61 Å². The van der Waals surface area contributed by atoms with Gasteiger partial charge in [0, 0.05) is 19.1 Å². The highest BCUT2D eigenvalue weighted by Gasteiger charge is 2.07. The second-order valence-electron chi connectivity index (χ2n) is 4.98. The molecule has 1 amide bonds. The lowest BCUT2D eigenvalue weighted by Gasteiger charge is -2.12. The highest BCUT2D eigenvalue weighted by Crippen LogP contribution is 2.10. The van der Waals surface area contributed by atoms with E-state index in [0.29, 0.717) is 12.8 Å². The van der Waals surface area contributed by atoms with Crippen LogP contribution in [-0.2, 0) is 11.2 Å². The molecule has 2 N–H and O–H groups in total. The topological polar surface area (TPSA) is 49.3 Å². The number of carbonyl (C=O) groups is 1. The number of nitrogens with one attached hydrogen (secondary N) is 1. The number of carbonyl (C=O) groups excluding carboxylic acids is 1. The van der Waals surface area contributed by atoms with Crippen LogP contribution in [0.3, 0.4) is 0 Å². The fourth-order valence-electron chi connectivity index (χ4n) is 2.08. The van der Waals surface area contributed by atoms with Gasteiger partial charge in [0.05, 0.1) is 0 Å². The first-order chi connectivity index (χ1) is 8.51. The van der Waals surface area contributed by atoms with E-state index in [9.17, 15) is 4.79 Å². The minimum atomic E-state index is 0.0433. The summed E-state index contributed by atoms with van der Waals surface area (Å²) in [6.07, 6.45) is 1.87. The quantitative estimate of drug-likeness (QED) is 0.811. The minimum absolute atomic E-state index is 0.0433. The van der Waals surface area contributed by atoms with Gasteiger partial charge < -0.3 is 10.4 Å². The molecule has 0 spiro atoms. The van der Waals surface area contributed by atoms with E-state index in [1.165, 1.54) is 16.7 Å². The molecule has 100 valence electrons. The summed E-state index contributed by atoms with van der Waals surface area (Å²) in [4.78, 5) is 11.7. The van der Waals surface area contributed by atoms with Crippen molar-refractivity contribution in [1.82, 2.24) is 5.32 Å². The van der Waals surface area contributed by atoms with Gasteiger partial charge >= 0.3 is 0 Å². The van der Waals surface area contributed by atoms with Crippen LogP contribution in [0, 0.1) is 13.8 Å². The summed E-state index contributed by atoms with van der Waals surface area (Å²) in [5.41, 5.74) is 3.68. The van der Waals surface area contributed by atoms with Crippen LogP contribution in [0.1, 0.15) is 36.5 Å². The van der Waals surface area contributed by atoms with Crippen LogP contribution in [0.5, 0.6) is 0 Å². The summed E-state index contributed by atoms with van der Waals surface area (Å²) in [7, 11) is 0. The fourth-order valence-corrected chi connectivity index (χ4v) is 2.08. The summed E-state index contributed by atoms with van der Waals surface area (Å²) in [5, 5.41) is 11.6. The molecule has 0 aliphatic rings. The monoisotopic (exact) mass is 249 g/mol. The first-order valence-corrected chi connectivity index (χ1v) is 6.48. The van der Waals surface area contributed by atoms with Crippen molar-refractivity contribution in [2.24, 2.45) is 0 Å². The normalized spacial score (nSPS) is 12.2. The third-order valence-electron chi connectivity index (χ3n) is 2.89. The van der Waals surface area contributed by atoms with Crippen molar-refractivity contribution < 1.29 is 9.90 Å². The van der Waals surface area contributed by atoms with E-state index in [1.807, 2.05) is 6.92 Å². The zero-order valence-electron chi connectivity index (χ0n) is 11.5. The van der Waals surface area contributed by atoms with Crippen LogP contribution in [0.25, 0.3) is 0 Å². The molecule has 18 heavy (non-hydrogen) atoms. The number of hydrogen-bond donors (Lipinski definition) is 2. The Morgan fingerprint density at radius 2 is 1.89 bits per heavy atom. The van der Waals surface area contributed by atoms with Crippen molar-refractivity contribution in [1.29, 1.82) is 0 Å². The fraction of sp³-hybridized carbons (Fsp3) is 0.533. The highest BCUT2D eigenvalue weighted by atomic mass is 16.3. The molecule has 0 aliphatic heterocycles. The highest BCUT2D eigenvalue weighted by molar-refractivity contribution is 5.76. The minimum Gasteiger partial charge on any atom is -0.396 e. The third kappa shape index (κ3) is 5.32. The van der Waals surface area contributed by atoms with E-state index in [0.717, 1.165) is 6.42 Å². The largest absolute Gasteiger partial charge is 0.396 e. The van der Waals surface area contributed by atoms with Gasteiger partial charge in [-0.15, -0.1) is 0 Å². The van der Waals surface area contributed by atoms with Crippen LogP contribution in [0.15, 0.2) is 18.2 Å². The van der Waals surface area contributed by atoms with Crippen molar-refractivity contribution in [3.05, 3.63) is 34.9 Å². The van der Waals surface area contributed by atoms with E-state index in [4.69, 9.17) is 5.11 Å². The molecule has 0 fully saturated rings. The Kier molecular flexibility index (Phi) is 5.86. The van der Waals surface area contributed by atoms with Gasteiger partial charge in [0.2, 0.25) is 5.91 Å². The molecule has 1 rings (SSSR count). The molecule has 3 heteroatoms. The summed E-state index contributed by atoms with van der Waals surface area (Å²) in [6.45, 7) is 6.16. The maximum absolute atomic E-state index is 11.7. The second kappa shape index (κ2) is 7.17. The first kappa shape index (κ1) is 14.7. The molecule has 0 radical (unpaired) electrons. The SMILES string of the molecule is Cc1cc(C)cc(CCC(=O)NC(C)CCO)c1. The standard InChI is InChI=1S/C15H23NO2/c1-11-8-12(2)10-14(9-11)4-5-15(18)16-13(3)6-7-17/h8-10,13,17H,4-7H2,1-3H3,(H,16,18). The molecule has 1 aromatic rings. The molecule has 1 unspecified atom stereocenters. The van der Waals surface area contributed by atoms with E-state index >= 15 is 0 Å². The Hall–Kier alpha value is -1.35. The van der Waals surface area contributed by atoms with Crippen molar-refractivity contribution in [2.45, 2.75) is 46.1 Å². The van der Waals surface area contributed by atoms with Gasteiger partial charge in [-0.3, -0.25) is 4.79 Å². The number of amides is 1. The molecule has 0 aliphatic carbocycles. The molecule has 0 saturated heterocycles. The van der Waals surface area contributed by atoms with Crippen LogP contribution in [0.4, 0.5) is 0 Å². The van der Waals surface area contributed by atoms with Crippen LogP contribution < -0.4 is 5.32 Å². The molecule has 0 bridgehead atoms. The number of aryl methyl sites for hydroxylation is 3. The molecule has 1 atom stereocenters. The maximum Gasteiger partial charge on any atom is 0.220 e. The van der Waals surface area contributed by atoms with Crippen molar-refractivity contribution >= 4 is 5.91 Å².